The Balaban J connectivity index is 0.990. The number of fused-ring (bicyclic) bond motifs is 2. The Morgan fingerprint density at radius 1 is 1.00 bits per heavy atom. The molecule has 3 aliphatic rings. The van der Waals surface area contributed by atoms with E-state index < -0.39 is 0 Å². The van der Waals surface area contributed by atoms with Gasteiger partial charge in [-0.2, -0.15) is 0 Å². The van der Waals surface area contributed by atoms with E-state index in [1.165, 1.54) is 6.07 Å². The van der Waals surface area contributed by atoms with E-state index >= 15 is 0 Å². The molecule has 2 aromatic carbocycles. The molecule has 0 aliphatic carbocycles. The molecule has 1 amide bonds. The molecule has 222 valence electrons. The first-order valence-corrected chi connectivity index (χ1v) is 14.7. The topological polar surface area (TPSA) is 100 Å². The molecule has 12 heteroatoms. The van der Waals surface area contributed by atoms with Crippen LogP contribution in [0.25, 0.3) is 0 Å². The molecule has 3 aliphatic heterocycles. The van der Waals surface area contributed by atoms with Gasteiger partial charge in [-0.15, -0.1) is 10.2 Å². The van der Waals surface area contributed by atoms with Gasteiger partial charge in [-0.25, -0.2) is 9.18 Å². The summed E-state index contributed by atoms with van der Waals surface area (Å²) < 4.78 is 26.1. The van der Waals surface area contributed by atoms with E-state index in [-0.39, 0.29) is 36.4 Å². The lowest BCUT2D eigenvalue weighted by Crippen LogP contribution is -2.54. The van der Waals surface area contributed by atoms with E-state index in [4.69, 9.17) is 26.8 Å². The average Bonchev–Trinajstić information content (AvgIpc) is 3.27. The Kier molecular flexibility index (Phi) is 8.48. The van der Waals surface area contributed by atoms with Crippen molar-refractivity contribution in [1.82, 2.24) is 20.0 Å². The molecule has 3 aromatic rings. The van der Waals surface area contributed by atoms with E-state index in [0.29, 0.717) is 50.3 Å². The van der Waals surface area contributed by atoms with Gasteiger partial charge < -0.3 is 29.9 Å². The van der Waals surface area contributed by atoms with Gasteiger partial charge in [0.15, 0.2) is 22.5 Å². The Morgan fingerprint density at radius 3 is 2.48 bits per heavy atom. The van der Waals surface area contributed by atoms with Crippen LogP contribution >= 0.6 is 11.6 Å². The molecule has 2 atom stereocenters. The fourth-order valence-electron chi connectivity index (χ4n) is 6.16. The van der Waals surface area contributed by atoms with Crippen molar-refractivity contribution in [3.05, 3.63) is 71.1 Å². The van der Waals surface area contributed by atoms with E-state index in [0.717, 1.165) is 42.9 Å². The Morgan fingerprint density at radius 2 is 1.74 bits per heavy atom. The van der Waals surface area contributed by atoms with Crippen molar-refractivity contribution in [2.45, 2.75) is 31.5 Å². The maximum absolute atomic E-state index is 14.8. The molecule has 10 nitrogen and oxygen atoms in total. The summed E-state index contributed by atoms with van der Waals surface area (Å²) in [5, 5.41) is 8.12. The second kappa shape index (κ2) is 12.6. The maximum Gasteiger partial charge on any atom is 0.410 e. The van der Waals surface area contributed by atoms with Gasteiger partial charge in [-0.05, 0) is 30.5 Å². The van der Waals surface area contributed by atoms with Crippen molar-refractivity contribution in [1.29, 1.82) is 0 Å². The number of hydrogen-bond acceptors (Lipinski definition) is 9. The molecule has 6 rings (SSSR count). The molecule has 0 radical (unpaired) electrons. The number of nitrogens with two attached hydrogens (primary N) is 1. The highest BCUT2D eigenvalue weighted by Crippen LogP contribution is 2.39. The van der Waals surface area contributed by atoms with Crippen LogP contribution in [0.1, 0.15) is 18.4 Å². The van der Waals surface area contributed by atoms with Gasteiger partial charge in [-0.3, -0.25) is 4.90 Å². The van der Waals surface area contributed by atoms with Crippen molar-refractivity contribution < 1.29 is 18.7 Å². The van der Waals surface area contributed by atoms with Crippen LogP contribution < -0.4 is 20.3 Å². The molecule has 2 unspecified atom stereocenters. The fraction of sp³-hybridized carbons (Fsp3) is 0.433. The molecule has 2 bridgehead atoms. The number of aromatic nitrogens is 2. The van der Waals surface area contributed by atoms with Gasteiger partial charge in [-0.1, -0.05) is 41.9 Å². The highest BCUT2D eigenvalue weighted by molar-refractivity contribution is 6.29. The summed E-state index contributed by atoms with van der Waals surface area (Å²) >= 11 is 6.08. The highest BCUT2D eigenvalue weighted by atomic mass is 35.5. The van der Waals surface area contributed by atoms with E-state index in [2.05, 4.69) is 24.9 Å². The van der Waals surface area contributed by atoms with Crippen LogP contribution in [0.5, 0.6) is 5.75 Å². The van der Waals surface area contributed by atoms with Crippen molar-refractivity contribution in [2.75, 3.05) is 68.0 Å². The SMILES string of the molecule is Nc1nnc(Cl)cc1N1CC2CCC(C1)N2c1ccc(F)c(OCCN2CCN(C(=O)OCc3ccccc3)CC2)c1. The number of rotatable bonds is 8. The van der Waals surface area contributed by atoms with Gasteiger partial charge in [0.1, 0.15) is 13.2 Å². The zero-order valence-corrected chi connectivity index (χ0v) is 24.1. The molecule has 2 N–H and O–H groups in total. The normalized spacial score (nSPS) is 20.6. The minimum absolute atomic E-state index is 0.254. The fourth-order valence-corrected chi connectivity index (χ4v) is 6.30. The van der Waals surface area contributed by atoms with Crippen molar-refractivity contribution in [3.63, 3.8) is 0 Å². The van der Waals surface area contributed by atoms with E-state index in [1.54, 1.807) is 11.0 Å². The second-order valence-electron chi connectivity index (χ2n) is 11.0. The van der Waals surface area contributed by atoms with E-state index in [9.17, 15) is 9.18 Å². The lowest BCUT2D eigenvalue weighted by molar-refractivity contribution is 0.0682. The first-order chi connectivity index (χ1) is 20.4. The van der Waals surface area contributed by atoms with Crippen molar-refractivity contribution in [3.8, 4) is 5.75 Å². The molecule has 4 heterocycles. The third-order valence-corrected chi connectivity index (χ3v) is 8.49. The summed E-state index contributed by atoms with van der Waals surface area (Å²) in [4.78, 5) is 21.0. The molecule has 3 saturated heterocycles. The molecule has 42 heavy (non-hydrogen) atoms. The molecule has 0 saturated carbocycles. The number of carbonyl (C=O) groups excluding carboxylic acids is 1. The van der Waals surface area contributed by atoms with Crippen LogP contribution in [0.3, 0.4) is 0 Å². The third-order valence-electron chi connectivity index (χ3n) is 8.31. The summed E-state index contributed by atoms with van der Waals surface area (Å²) in [5.41, 5.74) is 8.82. The van der Waals surface area contributed by atoms with Crippen molar-refractivity contribution in [2.24, 2.45) is 0 Å². The molecule has 0 spiro atoms. The Labute approximate surface area is 249 Å². The number of nitrogen functional groups attached to an aromatic ring is 1. The number of nitrogens with zero attached hydrogens (tertiary/aromatic N) is 6. The van der Waals surface area contributed by atoms with Gasteiger partial charge in [0.05, 0.1) is 5.69 Å². The van der Waals surface area contributed by atoms with Gasteiger partial charge in [0.25, 0.3) is 0 Å². The zero-order valence-electron chi connectivity index (χ0n) is 23.4. The quantitative estimate of drug-likeness (QED) is 0.413. The van der Waals surface area contributed by atoms with Crippen molar-refractivity contribution >= 4 is 34.9 Å². The van der Waals surface area contributed by atoms with Crippen LogP contribution in [-0.4, -0.2) is 90.6 Å². The first-order valence-electron chi connectivity index (χ1n) is 14.4. The lowest BCUT2D eigenvalue weighted by Gasteiger charge is -2.43. The maximum atomic E-state index is 14.8. The van der Waals surface area contributed by atoms with E-state index in [1.807, 2.05) is 42.5 Å². The number of ether oxygens (including phenoxy) is 2. The summed E-state index contributed by atoms with van der Waals surface area (Å²) in [6.45, 7) is 5.38. The molecule has 1 aromatic heterocycles. The number of hydrogen-bond donors (Lipinski definition) is 1. The van der Waals surface area contributed by atoms with Gasteiger partial charge >= 0.3 is 6.09 Å². The van der Waals surface area contributed by atoms with Gasteiger partial charge in [0, 0.05) is 75.7 Å². The molecular formula is C30H35ClFN7O3. The van der Waals surface area contributed by atoms with Gasteiger partial charge in [0.2, 0.25) is 0 Å². The van der Waals surface area contributed by atoms with Crippen LogP contribution in [0.2, 0.25) is 5.15 Å². The number of amides is 1. The summed E-state index contributed by atoms with van der Waals surface area (Å²) in [6, 6.07) is 17.1. The summed E-state index contributed by atoms with van der Waals surface area (Å²) in [6.07, 6.45) is 1.77. The Hall–Kier alpha value is -3.83. The number of halogens is 2. The summed E-state index contributed by atoms with van der Waals surface area (Å²) in [7, 11) is 0. The highest BCUT2D eigenvalue weighted by Gasteiger charge is 2.41. The summed E-state index contributed by atoms with van der Waals surface area (Å²) in [5.74, 6) is 0.252. The zero-order chi connectivity index (χ0) is 29.1. The largest absolute Gasteiger partial charge is 0.489 e. The predicted octanol–water partition coefficient (Wildman–Crippen LogP) is 4.04. The van der Waals surface area contributed by atoms with Crippen LogP contribution in [-0.2, 0) is 11.3 Å². The van der Waals surface area contributed by atoms with Crippen LogP contribution in [0.15, 0.2) is 54.6 Å². The molecule has 3 fully saturated rings. The second-order valence-corrected chi connectivity index (χ2v) is 11.4. The average molecular weight is 596 g/mol. The minimum Gasteiger partial charge on any atom is -0.489 e. The Bertz CT molecular complexity index is 1380. The van der Waals surface area contributed by atoms with Crippen LogP contribution in [0, 0.1) is 5.82 Å². The monoisotopic (exact) mass is 595 g/mol. The van der Waals surface area contributed by atoms with Crippen LogP contribution in [0.4, 0.5) is 26.4 Å². The first kappa shape index (κ1) is 28.3. The lowest BCUT2D eigenvalue weighted by atomic mass is 10.1. The number of anilines is 3. The third kappa shape index (κ3) is 6.32. The molecular weight excluding hydrogens is 561 g/mol. The standard InChI is InChI=1S/C30H35ClFN7O3/c31-28-17-26(29(33)35-34-28)38-18-23-6-7-24(19-38)39(23)22-8-9-25(32)27(16-22)41-15-14-36-10-12-37(13-11-36)30(40)42-20-21-4-2-1-3-5-21/h1-5,8-9,16-17,23-24H,6-7,10-15,18-20H2,(H2,33,35). The number of piperazine rings is 2. The number of carbonyl (C=O) groups is 1. The minimum atomic E-state index is -0.374. The number of benzene rings is 2. The smallest absolute Gasteiger partial charge is 0.410 e. The predicted molar refractivity (Wildman–Crippen MR) is 159 cm³/mol.